The minimum absolute atomic E-state index is 0.00388. The molecular formula is C29H51N3O7. The third-order valence-electron chi connectivity index (χ3n) is 9.24. The predicted molar refractivity (Wildman–Crippen MR) is 147 cm³/mol. The summed E-state index contributed by atoms with van der Waals surface area (Å²) < 4.78 is 0. The molecule has 5 N–H and O–H groups in total. The molecule has 10 heteroatoms. The Labute approximate surface area is 233 Å². The van der Waals surface area contributed by atoms with E-state index in [4.69, 9.17) is 0 Å². The number of aliphatic hydroxyl groups is 2. The first kappa shape index (κ1) is 31.8. The van der Waals surface area contributed by atoms with E-state index in [1.807, 2.05) is 9.80 Å². The number of nitrogens with zero attached hydrogens (tertiary/aromatic N) is 2. The van der Waals surface area contributed by atoms with Gasteiger partial charge in [-0.1, -0.05) is 25.7 Å². The molecule has 224 valence electrons. The number of carboxylic acid groups (broad SMARTS) is 2. The van der Waals surface area contributed by atoms with Crippen LogP contribution in [0.5, 0.6) is 0 Å². The molecule has 0 aromatic heterocycles. The summed E-state index contributed by atoms with van der Waals surface area (Å²) >= 11 is 0. The number of amides is 1. The van der Waals surface area contributed by atoms with Crippen molar-refractivity contribution in [2.24, 2.45) is 17.8 Å². The normalized spacial score (nSPS) is 30.7. The molecule has 0 radical (unpaired) electrons. The van der Waals surface area contributed by atoms with Gasteiger partial charge in [-0.2, -0.15) is 0 Å². The maximum atomic E-state index is 12.0. The van der Waals surface area contributed by atoms with Crippen LogP contribution in [0, 0.1) is 17.8 Å². The van der Waals surface area contributed by atoms with Crippen molar-refractivity contribution in [3.05, 3.63) is 0 Å². The third kappa shape index (κ3) is 11.0. The first-order valence-corrected chi connectivity index (χ1v) is 15.1. The molecule has 1 amide bonds. The van der Waals surface area contributed by atoms with Gasteiger partial charge in [0.2, 0.25) is 5.91 Å². The van der Waals surface area contributed by atoms with E-state index in [0.29, 0.717) is 25.6 Å². The number of rotatable bonds is 14. The molecule has 3 saturated carbocycles. The van der Waals surface area contributed by atoms with Crippen molar-refractivity contribution < 1.29 is 34.8 Å². The minimum atomic E-state index is -0.928. The van der Waals surface area contributed by atoms with Gasteiger partial charge >= 0.3 is 11.9 Å². The van der Waals surface area contributed by atoms with E-state index in [0.717, 1.165) is 83.5 Å². The van der Waals surface area contributed by atoms with Crippen LogP contribution in [-0.4, -0.2) is 105 Å². The average molecular weight is 554 g/mol. The number of hydrogen-bond donors (Lipinski definition) is 5. The Morgan fingerprint density at radius 1 is 0.769 bits per heavy atom. The number of carbonyl (C=O) groups excluding carboxylic acids is 1. The van der Waals surface area contributed by atoms with E-state index in [9.17, 15) is 34.8 Å². The van der Waals surface area contributed by atoms with Crippen LogP contribution >= 0.6 is 0 Å². The van der Waals surface area contributed by atoms with Gasteiger partial charge in [-0.3, -0.25) is 24.2 Å². The van der Waals surface area contributed by atoms with Crippen molar-refractivity contribution in [3.8, 4) is 0 Å². The fraction of sp³-hybridized carbons (Fsp3) is 0.897. The molecule has 5 atom stereocenters. The van der Waals surface area contributed by atoms with Gasteiger partial charge in [0, 0.05) is 38.6 Å². The van der Waals surface area contributed by atoms with E-state index in [1.165, 1.54) is 6.92 Å². The quantitative estimate of drug-likeness (QED) is 0.218. The zero-order chi connectivity index (χ0) is 28.4. The number of aliphatic carboxylic acids is 2. The van der Waals surface area contributed by atoms with Crippen LogP contribution in [0.1, 0.15) is 90.4 Å². The second-order valence-electron chi connectivity index (χ2n) is 12.4. The lowest BCUT2D eigenvalue weighted by Crippen LogP contribution is -2.52. The maximum Gasteiger partial charge on any atom is 0.317 e. The molecular weight excluding hydrogens is 502 g/mol. The molecule has 3 aliphatic rings. The van der Waals surface area contributed by atoms with Gasteiger partial charge in [-0.15, -0.1) is 0 Å². The largest absolute Gasteiger partial charge is 0.480 e. The molecule has 0 heterocycles. The van der Waals surface area contributed by atoms with Gasteiger partial charge < -0.3 is 25.7 Å². The van der Waals surface area contributed by atoms with E-state index in [1.54, 1.807) is 0 Å². The molecule has 5 unspecified atom stereocenters. The van der Waals surface area contributed by atoms with Crippen molar-refractivity contribution >= 4 is 17.8 Å². The number of aliphatic hydroxyl groups excluding tert-OH is 2. The van der Waals surface area contributed by atoms with Crippen LogP contribution < -0.4 is 5.32 Å². The summed E-state index contributed by atoms with van der Waals surface area (Å²) in [6, 6.07) is -0.0152. The SMILES string of the molecule is CC(=O)NC1CCC(CC(CN(CC(=O)O)CC2CCCCC2O)N(CC(=O)O)CC2CCCCC2O)CC1. The molecule has 0 spiro atoms. The Bertz CT molecular complexity index is 789. The van der Waals surface area contributed by atoms with E-state index < -0.39 is 24.1 Å². The smallest absolute Gasteiger partial charge is 0.317 e. The van der Waals surface area contributed by atoms with Crippen LogP contribution in [0.15, 0.2) is 0 Å². The summed E-state index contributed by atoms with van der Waals surface area (Å²) in [5, 5.41) is 43.8. The van der Waals surface area contributed by atoms with Crippen molar-refractivity contribution in [1.82, 2.24) is 15.1 Å². The lowest BCUT2D eigenvalue weighted by molar-refractivity contribution is -0.141. The number of carbonyl (C=O) groups is 3. The van der Waals surface area contributed by atoms with Gasteiger partial charge in [0.25, 0.3) is 0 Å². The van der Waals surface area contributed by atoms with E-state index in [-0.39, 0.29) is 42.9 Å². The molecule has 3 aliphatic carbocycles. The predicted octanol–water partition coefficient (Wildman–Crippen LogP) is 2.32. The van der Waals surface area contributed by atoms with Crippen LogP contribution in [0.2, 0.25) is 0 Å². The molecule has 39 heavy (non-hydrogen) atoms. The second-order valence-corrected chi connectivity index (χ2v) is 12.4. The highest BCUT2D eigenvalue weighted by Gasteiger charge is 2.34. The Morgan fingerprint density at radius 3 is 1.82 bits per heavy atom. The van der Waals surface area contributed by atoms with Gasteiger partial charge in [0.15, 0.2) is 0 Å². The Balaban J connectivity index is 1.78. The highest BCUT2D eigenvalue weighted by atomic mass is 16.4. The molecule has 10 nitrogen and oxygen atoms in total. The first-order chi connectivity index (χ1) is 18.6. The molecule has 0 aromatic rings. The monoisotopic (exact) mass is 553 g/mol. The summed E-state index contributed by atoms with van der Waals surface area (Å²) in [6.07, 6.45) is 10.7. The van der Waals surface area contributed by atoms with E-state index in [2.05, 4.69) is 5.32 Å². The van der Waals surface area contributed by atoms with Gasteiger partial charge in [0.1, 0.15) is 0 Å². The topological polar surface area (TPSA) is 151 Å². The van der Waals surface area contributed by atoms with Crippen LogP contribution in [-0.2, 0) is 14.4 Å². The van der Waals surface area contributed by atoms with Gasteiger partial charge in [-0.05, 0) is 75.5 Å². The number of hydrogen-bond acceptors (Lipinski definition) is 7. The summed E-state index contributed by atoms with van der Waals surface area (Å²) in [5.41, 5.74) is 0. The number of nitrogens with one attached hydrogen (secondary N) is 1. The zero-order valence-corrected chi connectivity index (χ0v) is 23.7. The van der Waals surface area contributed by atoms with Gasteiger partial charge in [0.05, 0.1) is 25.3 Å². The first-order valence-electron chi connectivity index (χ1n) is 15.1. The van der Waals surface area contributed by atoms with Crippen LogP contribution in [0.25, 0.3) is 0 Å². The lowest BCUT2D eigenvalue weighted by Gasteiger charge is -2.41. The highest BCUT2D eigenvalue weighted by molar-refractivity contribution is 5.73. The maximum absolute atomic E-state index is 12.0. The fourth-order valence-corrected chi connectivity index (χ4v) is 7.20. The minimum Gasteiger partial charge on any atom is -0.480 e. The summed E-state index contributed by atoms with van der Waals surface area (Å²) in [7, 11) is 0. The van der Waals surface area contributed by atoms with Crippen molar-refractivity contribution in [2.45, 2.75) is 115 Å². The second kappa shape index (κ2) is 15.9. The van der Waals surface area contributed by atoms with Crippen molar-refractivity contribution in [2.75, 3.05) is 32.7 Å². The highest BCUT2D eigenvalue weighted by Crippen LogP contribution is 2.32. The summed E-state index contributed by atoms with van der Waals surface area (Å²) in [5.74, 6) is -1.51. The van der Waals surface area contributed by atoms with E-state index >= 15 is 0 Å². The van der Waals surface area contributed by atoms with Crippen LogP contribution in [0.4, 0.5) is 0 Å². The van der Waals surface area contributed by atoms with Crippen molar-refractivity contribution in [1.29, 1.82) is 0 Å². The Hall–Kier alpha value is -1.75. The average Bonchev–Trinajstić information content (AvgIpc) is 2.86. The van der Waals surface area contributed by atoms with Gasteiger partial charge in [-0.25, -0.2) is 0 Å². The summed E-state index contributed by atoms with van der Waals surface area (Å²) in [6.45, 7) is 2.60. The standard InChI is InChI=1S/C29H51N3O7/c1-20(33)30-24-12-10-21(11-13-24)14-25(32(19-29(38)39)16-23-7-3-5-9-27(23)35)17-31(18-28(36)37)15-22-6-2-4-8-26(22)34/h21-27,34-35H,2-19H2,1H3,(H,30,33)(H,36,37)(H,38,39). The fourth-order valence-electron chi connectivity index (χ4n) is 7.20. The third-order valence-corrected chi connectivity index (χ3v) is 9.24. The van der Waals surface area contributed by atoms with Crippen LogP contribution in [0.3, 0.4) is 0 Å². The molecule has 3 fully saturated rings. The Morgan fingerprint density at radius 2 is 1.31 bits per heavy atom. The molecule has 3 rings (SSSR count). The molecule has 0 aromatic carbocycles. The lowest BCUT2D eigenvalue weighted by atomic mass is 9.81. The number of carboxylic acids is 2. The Kier molecular flexibility index (Phi) is 12.9. The summed E-state index contributed by atoms with van der Waals surface area (Å²) in [4.78, 5) is 39.3. The van der Waals surface area contributed by atoms with Crippen molar-refractivity contribution in [3.63, 3.8) is 0 Å². The molecule has 0 saturated heterocycles. The zero-order valence-electron chi connectivity index (χ0n) is 23.7. The molecule has 0 bridgehead atoms. The molecule has 0 aliphatic heterocycles.